The van der Waals surface area contributed by atoms with Gasteiger partial charge < -0.3 is 90.0 Å². The van der Waals surface area contributed by atoms with Crippen LogP contribution in [-0.2, 0) is 82.4 Å². The summed E-state index contributed by atoms with van der Waals surface area (Å²) in [5.74, 6) is -13.3. The Morgan fingerprint density at radius 1 is 0.602 bits per heavy atom. The number of carboxylic acids is 2. The van der Waals surface area contributed by atoms with Crippen LogP contribution in [0.3, 0.4) is 0 Å². The minimum atomic E-state index is -4.97. The number of benzene rings is 3. The van der Waals surface area contributed by atoms with Gasteiger partial charge in [0.1, 0.15) is 48.0 Å². The molecule has 1 aromatic heterocycles. The van der Waals surface area contributed by atoms with Crippen LogP contribution in [0.1, 0.15) is 75.5 Å². The molecule has 33 heteroatoms. The fourth-order valence-electron chi connectivity index (χ4n) is 8.70. The fourth-order valence-corrected chi connectivity index (χ4v) is 9.05. The average Bonchev–Trinajstić information content (AvgIpc) is 3.17. The Kier molecular flexibility index (Phi) is 27.7. The number of primary amides is 1. The molecule has 9 amide bonds. The van der Waals surface area contributed by atoms with Gasteiger partial charge in [0.25, 0.3) is 0 Å². The zero-order chi connectivity index (χ0) is 65.3. The van der Waals surface area contributed by atoms with Gasteiger partial charge in [-0.05, 0) is 61.1 Å². The van der Waals surface area contributed by atoms with Crippen molar-refractivity contribution in [2.75, 3.05) is 13.1 Å². The van der Waals surface area contributed by atoms with E-state index in [9.17, 15) is 76.5 Å². The number of nitrogens with zero attached hydrogens (tertiary/aromatic N) is 1. The first-order valence-electron chi connectivity index (χ1n) is 27.5. The lowest BCUT2D eigenvalue weighted by molar-refractivity contribution is -0.142. The molecule has 0 saturated carbocycles. The van der Waals surface area contributed by atoms with Crippen LogP contribution in [0, 0.1) is 0 Å². The highest BCUT2D eigenvalue weighted by atomic mass is 32.3. The summed E-state index contributed by atoms with van der Waals surface area (Å²) >= 11 is 0. The molecule has 0 aliphatic carbocycles. The van der Waals surface area contributed by atoms with Crippen molar-refractivity contribution in [2.24, 2.45) is 27.9 Å². The van der Waals surface area contributed by atoms with Crippen molar-refractivity contribution in [3.05, 3.63) is 102 Å². The quantitative estimate of drug-likeness (QED) is 0.00893. The van der Waals surface area contributed by atoms with Crippen molar-refractivity contribution in [3.63, 3.8) is 0 Å². The van der Waals surface area contributed by atoms with Gasteiger partial charge >= 0.3 is 22.3 Å². The number of hydrogen-bond acceptors (Lipinski definition) is 17. The van der Waals surface area contributed by atoms with Crippen LogP contribution >= 0.6 is 0 Å². The zero-order valence-corrected chi connectivity index (χ0v) is 48.8. The molecule has 3 aromatic carbocycles. The number of para-hydroxylation sites is 1. The van der Waals surface area contributed by atoms with E-state index in [4.69, 9.17) is 27.5 Å². The number of amides is 9. The number of fused-ring (bicyclic) bond motifs is 1. The normalized spacial score (nSPS) is 14.2. The van der Waals surface area contributed by atoms with Crippen molar-refractivity contribution in [1.29, 1.82) is 0 Å². The number of aliphatic hydroxyl groups excluding tert-OH is 1. The van der Waals surface area contributed by atoms with Gasteiger partial charge in [-0.25, -0.2) is 0 Å². The van der Waals surface area contributed by atoms with E-state index in [1.807, 2.05) is 0 Å². The number of H-pyrrole nitrogens is 1. The van der Waals surface area contributed by atoms with Gasteiger partial charge in [0, 0.05) is 42.9 Å². The van der Waals surface area contributed by atoms with Gasteiger partial charge in [-0.15, -0.1) is 0 Å². The molecule has 21 N–H and O–H groups in total. The maximum atomic E-state index is 14.4. The zero-order valence-electron chi connectivity index (χ0n) is 47.9. The summed E-state index contributed by atoms with van der Waals surface area (Å²) in [6.45, 7) is 2.02. The maximum Gasteiger partial charge on any atom is 0.446 e. The number of aliphatic hydroxyl groups is 1. The average molecular weight is 1250 g/mol. The summed E-state index contributed by atoms with van der Waals surface area (Å²) in [4.78, 5) is 154. The van der Waals surface area contributed by atoms with Crippen molar-refractivity contribution in [2.45, 2.75) is 132 Å². The third kappa shape index (κ3) is 24.3. The second-order valence-electron chi connectivity index (χ2n) is 20.3. The molecular weight excluding hydrogens is 1180 g/mol. The number of unbranched alkanes of at least 4 members (excludes halogenated alkanes) is 1. The minimum Gasteiger partial charge on any atom is -0.481 e. The number of aliphatic carboxylic acids is 2. The van der Waals surface area contributed by atoms with E-state index in [1.54, 1.807) is 67.7 Å². The number of carboxylic acid groups (broad SMARTS) is 2. The number of aliphatic imine (C=N–C) groups is 1. The fraction of sp³-hybridized carbons (Fsp3) is 0.418. The SMILES string of the molecule is CCCCC(NC(=O)C(Cc1c[nH]c2ccccc12)NC(=O)CNC(=O)C(NC(=O)C(Cc1ccc(OS(=O)(=O)O)cc1)NC(=O)C(CC(=O)O)NC(=O)C(N)CCCN=C(N)N)C(C)O)C(=O)NC(CC(=O)O)C(=O)NC(Cc1ccccc1)C(N)=O. The monoisotopic (exact) mass is 1250 g/mol. The summed E-state index contributed by atoms with van der Waals surface area (Å²) in [7, 11) is -4.97. The van der Waals surface area contributed by atoms with Crippen molar-refractivity contribution >= 4 is 92.4 Å². The highest BCUT2D eigenvalue weighted by Gasteiger charge is 2.36. The number of guanidine groups is 1. The van der Waals surface area contributed by atoms with E-state index >= 15 is 0 Å². The molecule has 4 aromatic rings. The molecule has 88 heavy (non-hydrogen) atoms. The number of aromatic amines is 1. The van der Waals surface area contributed by atoms with Crippen LogP contribution in [0.15, 0.2) is 90.1 Å². The Labute approximate surface area is 504 Å². The molecule has 0 bridgehead atoms. The lowest BCUT2D eigenvalue weighted by atomic mass is 10.0. The third-order valence-corrected chi connectivity index (χ3v) is 13.6. The van der Waals surface area contributed by atoms with Gasteiger partial charge in [0.05, 0.1) is 31.5 Å². The molecule has 9 atom stereocenters. The van der Waals surface area contributed by atoms with E-state index in [1.165, 1.54) is 12.1 Å². The Balaban J connectivity index is 1.57. The number of nitrogens with one attached hydrogen (secondary N) is 9. The Morgan fingerprint density at radius 2 is 1.11 bits per heavy atom. The van der Waals surface area contributed by atoms with Crippen molar-refractivity contribution in [1.82, 2.24) is 47.5 Å². The molecule has 0 saturated heterocycles. The van der Waals surface area contributed by atoms with Crippen LogP contribution in [0.4, 0.5) is 0 Å². The molecule has 32 nitrogen and oxygen atoms in total. The summed E-state index contributed by atoms with van der Waals surface area (Å²) < 4.78 is 36.2. The van der Waals surface area contributed by atoms with E-state index in [2.05, 4.69) is 56.7 Å². The highest BCUT2D eigenvalue weighted by molar-refractivity contribution is 7.81. The largest absolute Gasteiger partial charge is 0.481 e. The van der Waals surface area contributed by atoms with Crippen LogP contribution in [-0.4, -0.2) is 172 Å². The topological polar surface area (TPSA) is 541 Å². The molecule has 0 radical (unpaired) electrons. The Bertz CT molecular complexity index is 3250. The van der Waals surface area contributed by atoms with E-state index in [0.717, 1.165) is 19.1 Å². The van der Waals surface area contributed by atoms with Gasteiger partial charge in [-0.1, -0.05) is 80.4 Å². The van der Waals surface area contributed by atoms with Gasteiger partial charge in [-0.2, -0.15) is 8.42 Å². The standard InChI is InChI=1S/C55H74N14O18S/c1-3-4-15-37(49(78)68-42(26-45(74)75)51(80)65-38(47(57)76)22-30-11-6-5-7-12-30)64-50(79)40(24-32-27-61-36-16-9-8-13-34(32)36)63-43(71)28-62-54(83)46(29(2)70)69-53(82)39(23-31-17-19-33(20-18-31)87-88(84,85)86)67-52(81)41(25-44(72)73)66-48(77)35(56)14-10-21-60-55(58)59/h5-9,11-13,16-20,27,29,35,37-42,46,61,70H,3-4,10,14-15,21-26,28,56H2,1-2H3,(H2,57,76)(H,62,83)(H,63,71)(H,64,79)(H,65,80)(H,66,77)(H,67,81)(H,68,78)(H,69,82)(H,72,73)(H,74,75)(H4,58,59,60)(H,84,85,86). The molecule has 0 fully saturated rings. The van der Waals surface area contributed by atoms with Crippen LogP contribution in [0.5, 0.6) is 5.75 Å². The van der Waals surface area contributed by atoms with Crippen LogP contribution < -0.4 is 69.7 Å². The van der Waals surface area contributed by atoms with Crippen molar-refractivity contribution in [3.8, 4) is 5.75 Å². The van der Waals surface area contributed by atoms with E-state index in [0.29, 0.717) is 34.9 Å². The first kappa shape index (κ1) is 70.8. The van der Waals surface area contributed by atoms with Crippen molar-refractivity contribution < 1.29 is 85.2 Å². The predicted molar refractivity (Wildman–Crippen MR) is 314 cm³/mol. The number of carbonyl (C=O) groups is 11. The lowest BCUT2D eigenvalue weighted by Gasteiger charge is -2.27. The second-order valence-corrected chi connectivity index (χ2v) is 21.3. The van der Waals surface area contributed by atoms with Gasteiger partial charge in [0.15, 0.2) is 5.96 Å². The van der Waals surface area contributed by atoms with Gasteiger partial charge in [-0.3, -0.25) is 62.3 Å². The highest BCUT2D eigenvalue weighted by Crippen LogP contribution is 2.20. The number of carbonyl (C=O) groups excluding carboxylic acids is 9. The molecular formula is C55H74N14O18S. The smallest absolute Gasteiger partial charge is 0.446 e. The van der Waals surface area contributed by atoms with Gasteiger partial charge in [0.2, 0.25) is 53.2 Å². The molecule has 0 aliphatic rings. The van der Waals surface area contributed by atoms with Crippen LogP contribution in [0.25, 0.3) is 10.9 Å². The van der Waals surface area contributed by atoms with E-state index < -0.39 is 156 Å². The third-order valence-electron chi connectivity index (χ3n) is 13.2. The number of nitrogens with two attached hydrogens (primary N) is 4. The summed E-state index contributed by atoms with van der Waals surface area (Å²) in [5, 5.41) is 49.9. The van der Waals surface area contributed by atoms with E-state index in [-0.39, 0.29) is 55.9 Å². The summed E-state index contributed by atoms with van der Waals surface area (Å²) in [5.41, 5.74) is 24.1. The minimum absolute atomic E-state index is 0.0135. The molecule has 4 rings (SSSR count). The first-order chi connectivity index (χ1) is 41.5. The molecule has 478 valence electrons. The molecule has 1 heterocycles. The first-order valence-corrected chi connectivity index (χ1v) is 28.9. The summed E-state index contributed by atoms with van der Waals surface area (Å²) in [6.07, 6.45) is -2.01. The maximum absolute atomic E-state index is 14.4. The summed E-state index contributed by atoms with van der Waals surface area (Å²) in [6, 6.07) is 7.03. The lowest BCUT2D eigenvalue weighted by Crippen LogP contribution is -2.61. The number of rotatable bonds is 37. The molecule has 0 aliphatic heterocycles. The number of hydrogen-bond donors (Lipinski definition) is 17. The second kappa shape index (κ2) is 34.4. The Morgan fingerprint density at radius 3 is 1.69 bits per heavy atom. The molecule has 9 unspecified atom stereocenters. The molecule has 0 spiro atoms. The Hall–Kier alpha value is -9.73. The van der Waals surface area contributed by atoms with Crippen LogP contribution in [0.2, 0.25) is 0 Å². The number of aromatic nitrogens is 1. The predicted octanol–water partition coefficient (Wildman–Crippen LogP) is -3.73.